The van der Waals surface area contributed by atoms with Crippen molar-refractivity contribution in [2.24, 2.45) is 0 Å². The zero-order valence-electron chi connectivity index (χ0n) is 15.3. The molecule has 0 spiro atoms. The maximum absolute atomic E-state index is 13.1. The normalized spacial score (nSPS) is 14.7. The largest absolute Gasteiger partial charge is 0.337 e. The molecular formula is C21H20N4O3. The summed E-state index contributed by atoms with van der Waals surface area (Å²) < 4.78 is 0. The summed E-state index contributed by atoms with van der Waals surface area (Å²) in [6.45, 7) is 2.01. The molecule has 142 valence electrons. The van der Waals surface area contributed by atoms with Crippen molar-refractivity contribution >= 4 is 22.7 Å². The molecule has 2 amide bonds. The molecule has 1 saturated heterocycles. The number of para-hydroxylation sites is 1. The molecule has 28 heavy (non-hydrogen) atoms. The molecular weight excluding hydrogens is 356 g/mol. The van der Waals surface area contributed by atoms with Crippen LogP contribution in [0.2, 0.25) is 0 Å². The topological polar surface area (TPSA) is 86.4 Å². The van der Waals surface area contributed by atoms with Crippen LogP contribution in [-0.2, 0) is 0 Å². The third kappa shape index (κ3) is 3.51. The fourth-order valence-corrected chi connectivity index (χ4v) is 3.55. The molecule has 1 N–H and O–H groups in total. The number of nitrogens with one attached hydrogen (secondary N) is 1. The maximum Gasteiger partial charge on any atom is 0.254 e. The van der Waals surface area contributed by atoms with Crippen molar-refractivity contribution in [2.45, 2.75) is 6.42 Å². The van der Waals surface area contributed by atoms with E-state index in [2.05, 4.69) is 9.97 Å². The number of pyridine rings is 2. The fourth-order valence-electron chi connectivity index (χ4n) is 3.55. The number of aromatic nitrogens is 2. The van der Waals surface area contributed by atoms with E-state index in [1.165, 1.54) is 6.07 Å². The Morgan fingerprint density at radius 2 is 1.57 bits per heavy atom. The molecule has 0 bridgehead atoms. The van der Waals surface area contributed by atoms with Crippen LogP contribution in [-0.4, -0.2) is 57.8 Å². The van der Waals surface area contributed by atoms with Gasteiger partial charge in [0.15, 0.2) is 0 Å². The van der Waals surface area contributed by atoms with Gasteiger partial charge in [-0.3, -0.25) is 19.4 Å². The molecule has 3 aromatic rings. The lowest BCUT2D eigenvalue weighted by atomic mass is 10.1. The van der Waals surface area contributed by atoms with Crippen LogP contribution in [0.3, 0.4) is 0 Å². The number of nitrogens with zero attached hydrogens (tertiary/aromatic N) is 3. The van der Waals surface area contributed by atoms with Gasteiger partial charge in [0.05, 0.1) is 5.56 Å². The molecule has 0 aliphatic carbocycles. The molecule has 0 atom stereocenters. The Labute approximate surface area is 161 Å². The lowest BCUT2D eigenvalue weighted by Gasteiger charge is -2.22. The highest BCUT2D eigenvalue weighted by atomic mass is 16.2. The number of carbonyl (C=O) groups is 2. The van der Waals surface area contributed by atoms with Gasteiger partial charge < -0.3 is 14.8 Å². The van der Waals surface area contributed by atoms with Gasteiger partial charge in [-0.2, -0.15) is 0 Å². The van der Waals surface area contributed by atoms with Crippen LogP contribution in [0.5, 0.6) is 0 Å². The fraction of sp³-hybridized carbons (Fsp3) is 0.238. The Balaban J connectivity index is 1.54. The minimum absolute atomic E-state index is 0.0571. The van der Waals surface area contributed by atoms with Crippen LogP contribution >= 0.6 is 0 Å². The Hall–Kier alpha value is -3.48. The molecule has 1 fully saturated rings. The van der Waals surface area contributed by atoms with E-state index >= 15 is 0 Å². The highest BCUT2D eigenvalue weighted by Crippen LogP contribution is 2.18. The number of carbonyl (C=O) groups excluding carboxylic acids is 2. The number of hydrogen-bond donors (Lipinski definition) is 1. The molecule has 3 heterocycles. The number of hydrogen-bond acceptors (Lipinski definition) is 4. The Bertz CT molecular complexity index is 1080. The predicted octanol–water partition coefficient (Wildman–Crippen LogP) is 1.91. The van der Waals surface area contributed by atoms with Crippen molar-refractivity contribution in [3.63, 3.8) is 0 Å². The molecule has 1 aliphatic heterocycles. The molecule has 0 radical (unpaired) electrons. The van der Waals surface area contributed by atoms with E-state index in [1.54, 1.807) is 40.4 Å². The van der Waals surface area contributed by atoms with Crippen molar-refractivity contribution in [1.82, 2.24) is 19.8 Å². The minimum atomic E-state index is -0.300. The minimum Gasteiger partial charge on any atom is -0.337 e. The van der Waals surface area contributed by atoms with E-state index in [-0.39, 0.29) is 17.4 Å². The smallest absolute Gasteiger partial charge is 0.254 e. The highest BCUT2D eigenvalue weighted by Gasteiger charge is 2.24. The van der Waals surface area contributed by atoms with Gasteiger partial charge in [0, 0.05) is 61.1 Å². The van der Waals surface area contributed by atoms with Crippen LogP contribution in [0, 0.1) is 0 Å². The van der Waals surface area contributed by atoms with E-state index in [1.807, 2.05) is 18.2 Å². The number of aromatic amines is 1. The lowest BCUT2D eigenvalue weighted by Crippen LogP contribution is -2.37. The van der Waals surface area contributed by atoms with Crippen molar-refractivity contribution in [2.75, 3.05) is 26.2 Å². The van der Waals surface area contributed by atoms with Crippen LogP contribution < -0.4 is 5.56 Å². The Kier molecular flexibility index (Phi) is 4.89. The van der Waals surface area contributed by atoms with Gasteiger partial charge >= 0.3 is 0 Å². The van der Waals surface area contributed by atoms with E-state index in [4.69, 9.17) is 0 Å². The molecule has 1 aliphatic rings. The van der Waals surface area contributed by atoms with Crippen LogP contribution in [0.25, 0.3) is 10.9 Å². The maximum atomic E-state index is 13.1. The first-order chi connectivity index (χ1) is 13.6. The first-order valence-corrected chi connectivity index (χ1v) is 9.24. The van der Waals surface area contributed by atoms with E-state index < -0.39 is 0 Å². The number of fused-ring (bicyclic) bond motifs is 1. The summed E-state index contributed by atoms with van der Waals surface area (Å²) in [4.78, 5) is 48.0. The summed E-state index contributed by atoms with van der Waals surface area (Å²) in [6, 6.07) is 12.0. The van der Waals surface area contributed by atoms with Gasteiger partial charge in [0.2, 0.25) is 5.56 Å². The summed E-state index contributed by atoms with van der Waals surface area (Å²) in [5.41, 5.74) is 1.33. The van der Waals surface area contributed by atoms with Gasteiger partial charge in [-0.25, -0.2) is 0 Å². The second-order valence-corrected chi connectivity index (χ2v) is 6.77. The third-order valence-electron chi connectivity index (χ3n) is 4.98. The van der Waals surface area contributed by atoms with Crippen molar-refractivity contribution in [1.29, 1.82) is 0 Å². The molecule has 0 unspecified atom stereocenters. The highest BCUT2D eigenvalue weighted by molar-refractivity contribution is 6.06. The van der Waals surface area contributed by atoms with Crippen LogP contribution in [0.15, 0.2) is 59.7 Å². The summed E-state index contributed by atoms with van der Waals surface area (Å²) >= 11 is 0. The van der Waals surface area contributed by atoms with Crippen molar-refractivity contribution in [3.8, 4) is 0 Å². The van der Waals surface area contributed by atoms with E-state index in [0.29, 0.717) is 49.2 Å². The van der Waals surface area contributed by atoms with E-state index in [9.17, 15) is 14.4 Å². The SMILES string of the molecule is O=C(c1ccncc1)N1CCCN(C(=O)c2cc(=O)[nH]c3ccccc23)CC1. The predicted molar refractivity (Wildman–Crippen MR) is 105 cm³/mol. The summed E-state index contributed by atoms with van der Waals surface area (Å²) in [6.07, 6.45) is 3.88. The number of amides is 2. The average Bonchev–Trinajstić information content (AvgIpc) is 2.99. The van der Waals surface area contributed by atoms with Gasteiger partial charge in [0.25, 0.3) is 11.8 Å². The van der Waals surface area contributed by atoms with Crippen molar-refractivity contribution < 1.29 is 9.59 Å². The van der Waals surface area contributed by atoms with Gasteiger partial charge in [-0.1, -0.05) is 18.2 Å². The standard InChI is InChI=1S/C21H20N4O3/c26-19-14-17(16-4-1-2-5-18(16)23-19)21(28)25-11-3-10-24(12-13-25)20(27)15-6-8-22-9-7-15/h1-2,4-9,14H,3,10-13H2,(H,23,26). The first kappa shape index (κ1) is 17.9. The summed E-state index contributed by atoms with van der Waals surface area (Å²) in [5.74, 6) is -0.237. The van der Waals surface area contributed by atoms with Crippen LogP contribution in [0.4, 0.5) is 0 Å². The van der Waals surface area contributed by atoms with Gasteiger partial charge in [-0.05, 0) is 24.6 Å². The molecule has 1 aromatic carbocycles. The molecule has 7 heteroatoms. The second kappa shape index (κ2) is 7.64. The number of benzene rings is 1. The average molecular weight is 376 g/mol. The molecule has 7 nitrogen and oxygen atoms in total. The number of rotatable bonds is 2. The zero-order valence-corrected chi connectivity index (χ0v) is 15.3. The summed E-state index contributed by atoms with van der Waals surface area (Å²) in [5, 5.41) is 0.723. The molecule has 2 aromatic heterocycles. The monoisotopic (exact) mass is 376 g/mol. The first-order valence-electron chi connectivity index (χ1n) is 9.24. The Morgan fingerprint density at radius 3 is 2.32 bits per heavy atom. The van der Waals surface area contributed by atoms with Gasteiger partial charge in [-0.15, -0.1) is 0 Å². The number of H-pyrrole nitrogens is 1. The van der Waals surface area contributed by atoms with Crippen molar-refractivity contribution in [3.05, 3.63) is 76.3 Å². The molecule has 0 saturated carbocycles. The zero-order chi connectivity index (χ0) is 19.5. The molecule has 4 rings (SSSR count). The quantitative estimate of drug-likeness (QED) is 0.740. The lowest BCUT2D eigenvalue weighted by molar-refractivity contribution is 0.0719. The van der Waals surface area contributed by atoms with E-state index in [0.717, 1.165) is 5.39 Å². The third-order valence-corrected chi connectivity index (χ3v) is 4.98. The Morgan fingerprint density at radius 1 is 0.893 bits per heavy atom. The summed E-state index contributed by atoms with van der Waals surface area (Å²) in [7, 11) is 0. The van der Waals surface area contributed by atoms with Gasteiger partial charge in [0.1, 0.15) is 0 Å². The second-order valence-electron chi connectivity index (χ2n) is 6.77. The van der Waals surface area contributed by atoms with Crippen LogP contribution in [0.1, 0.15) is 27.1 Å².